The number of ether oxygens (including phenoxy) is 2. The molecule has 0 bridgehead atoms. The minimum atomic E-state index is -5.06. The monoisotopic (exact) mass is 344 g/mol. The quantitative estimate of drug-likeness (QED) is 0.655. The normalized spacial score (nSPS) is 11.7. The summed E-state index contributed by atoms with van der Waals surface area (Å²) >= 11 is 0. The van der Waals surface area contributed by atoms with Crippen LogP contribution in [0, 0.1) is 5.82 Å². The van der Waals surface area contributed by atoms with Crippen molar-refractivity contribution in [2.75, 3.05) is 12.8 Å². The zero-order valence-corrected chi connectivity index (χ0v) is 13.2. The maximum absolute atomic E-state index is 14.3. The molecule has 0 saturated heterocycles. The van der Waals surface area contributed by atoms with Gasteiger partial charge in [0.05, 0.1) is 12.7 Å². The van der Waals surface area contributed by atoms with Crippen LogP contribution in [-0.2, 0) is 0 Å². The number of aromatic nitrogens is 1. The molecule has 0 amide bonds. The first kappa shape index (κ1) is 17.8. The van der Waals surface area contributed by atoms with Crippen molar-refractivity contribution >= 4 is 5.69 Å². The Balaban J connectivity index is 2.77. The number of hydrogen-bond donors (Lipinski definition) is 1. The van der Waals surface area contributed by atoms with Crippen molar-refractivity contribution < 1.29 is 27.0 Å². The van der Waals surface area contributed by atoms with E-state index in [0.717, 1.165) is 6.07 Å². The zero-order chi connectivity index (χ0) is 18.1. The number of pyridine rings is 1. The third kappa shape index (κ3) is 3.69. The second kappa shape index (κ2) is 6.54. The first-order chi connectivity index (χ1) is 11.1. The Morgan fingerprint density at radius 2 is 1.88 bits per heavy atom. The van der Waals surface area contributed by atoms with Crippen LogP contribution in [0.2, 0.25) is 0 Å². The molecule has 24 heavy (non-hydrogen) atoms. The van der Waals surface area contributed by atoms with E-state index in [-0.39, 0.29) is 28.6 Å². The molecular weight excluding hydrogens is 328 g/mol. The largest absolute Gasteiger partial charge is 0.573 e. The number of benzene rings is 1. The Kier molecular flexibility index (Phi) is 4.86. The fourth-order valence-electron chi connectivity index (χ4n) is 2.32. The highest BCUT2D eigenvalue weighted by atomic mass is 19.4. The number of nitrogen functional groups attached to an aromatic ring is 1. The molecule has 0 spiro atoms. The van der Waals surface area contributed by atoms with E-state index >= 15 is 0 Å². The van der Waals surface area contributed by atoms with Crippen molar-refractivity contribution in [2.45, 2.75) is 26.1 Å². The van der Waals surface area contributed by atoms with Gasteiger partial charge in [0.25, 0.3) is 0 Å². The van der Waals surface area contributed by atoms with Crippen LogP contribution in [0.3, 0.4) is 0 Å². The third-order valence-electron chi connectivity index (χ3n) is 3.38. The Bertz CT molecular complexity index is 746. The summed E-state index contributed by atoms with van der Waals surface area (Å²) in [6, 6.07) is 3.72. The van der Waals surface area contributed by atoms with Crippen LogP contribution in [0.1, 0.15) is 25.3 Å². The summed E-state index contributed by atoms with van der Waals surface area (Å²) in [6.45, 7) is 3.51. The number of hydrogen-bond acceptors (Lipinski definition) is 4. The molecule has 2 rings (SSSR count). The zero-order valence-electron chi connectivity index (χ0n) is 13.2. The van der Waals surface area contributed by atoms with Gasteiger partial charge < -0.3 is 15.2 Å². The van der Waals surface area contributed by atoms with Crippen molar-refractivity contribution in [1.82, 2.24) is 4.98 Å². The lowest BCUT2D eigenvalue weighted by atomic mass is 9.93. The van der Waals surface area contributed by atoms with E-state index in [9.17, 15) is 17.6 Å². The van der Waals surface area contributed by atoms with Crippen LogP contribution in [0.4, 0.5) is 23.2 Å². The molecule has 8 heteroatoms. The van der Waals surface area contributed by atoms with Crippen molar-refractivity contribution in [2.24, 2.45) is 0 Å². The standard InChI is InChI=1S/C16H16F4N2O2/c1-8(2)10-7-11(17)15(24-16(18,19)20)13(14(10)21)9-4-5-22-12(6-9)23-3/h4-8H,21H2,1-3H3. The van der Waals surface area contributed by atoms with Gasteiger partial charge >= 0.3 is 6.36 Å². The minimum absolute atomic E-state index is 0.0129. The van der Waals surface area contributed by atoms with Gasteiger partial charge in [-0.2, -0.15) is 0 Å². The maximum atomic E-state index is 14.3. The molecule has 130 valence electrons. The number of nitrogens with zero attached hydrogens (tertiary/aromatic N) is 1. The molecule has 0 unspecified atom stereocenters. The van der Waals surface area contributed by atoms with Gasteiger partial charge in [0.1, 0.15) is 0 Å². The van der Waals surface area contributed by atoms with Crippen molar-refractivity contribution in [3.63, 3.8) is 0 Å². The fraction of sp³-hybridized carbons (Fsp3) is 0.312. The van der Waals surface area contributed by atoms with Crippen LogP contribution in [-0.4, -0.2) is 18.5 Å². The van der Waals surface area contributed by atoms with Crippen molar-refractivity contribution in [3.05, 3.63) is 35.8 Å². The van der Waals surface area contributed by atoms with E-state index in [4.69, 9.17) is 10.5 Å². The van der Waals surface area contributed by atoms with E-state index < -0.39 is 17.9 Å². The van der Waals surface area contributed by atoms with Crippen LogP contribution in [0.15, 0.2) is 24.4 Å². The summed E-state index contributed by atoms with van der Waals surface area (Å²) in [5.74, 6) is -2.16. The van der Waals surface area contributed by atoms with Gasteiger partial charge in [0, 0.05) is 18.0 Å². The summed E-state index contributed by atoms with van der Waals surface area (Å²) in [5.41, 5.74) is 6.44. The molecule has 1 aromatic heterocycles. The highest BCUT2D eigenvalue weighted by Crippen LogP contribution is 2.44. The summed E-state index contributed by atoms with van der Waals surface area (Å²) in [7, 11) is 1.35. The molecule has 0 fully saturated rings. The molecule has 2 aromatic rings. The van der Waals surface area contributed by atoms with Crippen molar-refractivity contribution in [1.29, 1.82) is 0 Å². The van der Waals surface area contributed by atoms with Crippen molar-refractivity contribution in [3.8, 4) is 22.8 Å². The van der Waals surface area contributed by atoms with Crippen LogP contribution < -0.4 is 15.2 Å². The molecule has 0 atom stereocenters. The number of methoxy groups -OCH3 is 1. The van der Waals surface area contributed by atoms with Gasteiger partial charge in [-0.05, 0) is 29.2 Å². The third-order valence-corrected chi connectivity index (χ3v) is 3.38. The Labute approximate surface area is 136 Å². The Morgan fingerprint density at radius 1 is 1.21 bits per heavy atom. The number of nitrogens with two attached hydrogens (primary N) is 1. The highest BCUT2D eigenvalue weighted by Gasteiger charge is 2.35. The topological polar surface area (TPSA) is 57.4 Å². The Morgan fingerprint density at radius 3 is 2.42 bits per heavy atom. The van der Waals surface area contributed by atoms with Gasteiger partial charge in [0.2, 0.25) is 5.88 Å². The average molecular weight is 344 g/mol. The summed E-state index contributed by atoms with van der Waals surface area (Å²) in [4.78, 5) is 3.88. The fourth-order valence-corrected chi connectivity index (χ4v) is 2.32. The SMILES string of the molecule is COc1cc(-c2c(N)c(C(C)C)cc(F)c2OC(F)(F)F)ccn1. The summed E-state index contributed by atoms with van der Waals surface area (Å²) in [6.07, 6.45) is -3.73. The first-order valence-electron chi connectivity index (χ1n) is 7.02. The molecule has 0 radical (unpaired) electrons. The highest BCUT2D eigenvalue weighted by molar-refractivity contribution is 5.84. The number of halogens is 4. The molecule has 0 aliphatic carbocycles. The molecule has 1 heterocycles. The number of rotatable bonds is 4. The minimum Gasteiger partial charge on any atom is -0.481 e. The molecule has 1 aromatic carbocycles. The second-order valence-electron chi connectivity index (χ2n) is 5.35. The molecule has 0 aliphatic heterocycles. The molecule has 0 saturated carbocycles. The lowest BCUT2D eigenvalue weighted by Crippen LogP contribution is -2.19. The predicted octanol–water partition coefficient (Wildman–Crippen LogP) is 4.50. The van der Waals surface area contributed by atoms with Gasteiger partial charge in [-0.15, -0.1) is 13.2 Å². The molecule has 2 N–H and O–H groups in total. The average Bonchev–Trinajstić information content (AvgIpc) is 2.49. The van der Waals surface area contributed by atoms with E-state index in [2.05, 4.69) is 9.72 Å². The number of anilines is 1. The van der Waals surface area contributed by atoms with E-state index in [1.54, 1.807) is 13.8 Å². The van der Waals surface area contributed by atoms with E-state index in [1.165, 1.54) is 25.4 Å². The van der Waals surface area contributed by atoms with E-state index in [1.807, 2.05) is 0 Å². The van der Waals surface area contributed by atoms with Crippen LogP contribution in [0.25, 0.3) is 11.1 Å². The predicted molar refractivity (Wildman–Crippen MR) is 81.4 cm³/mol. The molecular formula is C16H16F4N2O2. The lowest BCUT2D eigenvalue weighted by Gasteiger charge is -2.20. The first-order valence-corrected chi connectivity index (χ1v) is 7.02. The second-order valence-corrected chi connectivity index (χ2v) is 5.35. The van der Waals surface area contributed by atoms with Gasteiger partial charge in [0.15, 0.2) is 11.6 Å². The van der Waals surface area contributed by atoms with Gasteiger partial charge in [-0.3, -0.25) is 0 Å². The molecule has 0 aliphatic rings. The summed E-state index contributed by atoms with van der Waals surface area (Å²) < 4.78 is 61.2. The number of alkyl halides is 3. The smallest absolute Gasteiger partial charge is 0.481 e. The maximum Gasteiger partial charge on any atom is 0.573 e. The lowest BCUT2D eigenvalue weighted by molar-refractivity contribution is -0.275. The Hall–Kier alpha value is -2.51. The summed E-state index contributed by atoms with van der Waals surface area (Å²) in [5, 5.41) is 0. The van der Waals surface area contributed by atoms with Gasteiger partial charge in [-0.25, -0.2) is 9.37 Å². The van der Waals surface area contributed by atoms with Crippen LogP contribution >= 0.6 is 0 Å². The van der Waals surface area contributed by atoms with Crippen LogP contribution in [0.5, 0.6) is 11.6 Å². The molecule has 4 nitrogen and oxygen atoms in total. The van der Waals surface area contributed by atoms with E-state index in [0.29, 0.717) is 5.56 Å². The van der Waals surface area contributed by atoms with Gasteiger partial charge in [-0.1, -0.05) is 13.8 Å².